The summed E-state index contributed by atoms with van der Waals surface area (Å²) >= 11 is 8.19. The van der Waals surface area contributed by atoms with Crippen molar-refractivity contribution in [1.29, 1.82) is 0 Å². The molecule has 1 amide bonds. The highest BCUT2D eigenvalue weighted by atomic mass is 35.5. The summed E-state index contributed by atoms with van der Waals surface area (Å²) in [7, 11) is 0. The number of thiophene rings is 1. The van der Waals surface area contributed by atoms with Gasteiger partial charge in [-0.1, -0.05) is 67.3 Å². The fraction of sp³-hybridized carbons (Fsp3) is 0.269. The Balaban J connectivity index is 1.49. The number of hydrogen-bond acceptors (Lipinski definition) is 4. The van der Waals surface area contributed by atoms with Crippen molar-refractivity contribution in [1.82, 2.24) is 14.9 Å². The van der Waals surface area contributed by atoms with Crippen molar-refractivity contribution in [3.8, 4) is 11.1 Å². The van der Waals surface area contributed by atoms with Gasteiger partial charge in [-0.3, -0.25) is 4.79 Å². The van der Waals surface area contributed by atoms with Gasteiger partial charge in [0.1, 0.15) is 11.2 Å². The molecule has 1 aliphatic carbocycles. The van der Waals surface area contributed by atoms with Crippen LogP contribution in [0.2, 0.25) is 5.02 Å². The minimum atomic E-state index is 0.0385. The van der Waals surface area contributed by atoms with Crippen LogP contribution in [0.25, 0.3) is 21.2 Å². The zero-order valence-corrected chi connectivity index (χ0v) is 19.3. The predicted octanol–water partition coefficient (Wildman–Crippen LogP) is 6.99. The Morgan fingerprint density at radius 1 is 1.00 bits per heavy atom. The first-order valence-corrected chi connectivity index (χ1v) is 12.2. The number of halogens is 1. The van der Waals surface area contributed by atoms with E-state index in [0.29, 0.717) is 16.4 Å². The topological polar surface area (TPSA) is 46.1 Å². The summed E-state index contributed by atoms with van der Waals surface area (Å²) in [5, 5.41) is 1.53. The minimum Gasteiger partial charge on any atom is -0.331 e. The van der Waals surface area contributed by atoms with Gasteiger partial charge in [0, 0.05) is 40.6 Å². The second-order valence-electron chi connectivity index (χ2n) is 8.29. The lowest BCUT2D eigenvalue weighted by molar-refractivity contribution is 0.0619. The molecule has 4 aromatic rings. The lowest BCUT2D eigenvalue weighted by Gasteiger charge is -2.34. The molecule has 162 valence electrons. The molecule has 2 aromatic heterocycles. The average molecular weight is 462 g/mol. The van der Waals surface area contributed by atoms with Gasteiger partial charge < -0.3 is 4.90 Å². The summed E-state index contributed by atoms with van der Waals surface area (Å²) in [6.45, 7) is 0.565. The lowest BCUT2D eigenvalue weighted by atomic mass is 9.93. The summed E-state index contributed by atoms with van der Waals surface area (Å²) in [5.41, 5.74) is 3.12. The van der Waals surface area contributed by atoms with Gasteiger partial charge in [0.25, 0.3) is 5.91 Å². The first-order chi connectivity index (χ1) is 15.7. The predicted molar refractivity (Wildman–Crippen MR) is 131 cm³/mol. The summed E-state index contributed by atoms with van der Waals surface area (Å²) < 4.78 is 1.05. The maximum atomic E-state index is 13.8. The van der Waals surface area contributed by atoms with Crippen molar-refractivity contribution in [2.45, 2.75) is 44.7 Å². The number of carbonyl (C=O) groups is 1. The first kappa shape index (κ1) is 21.1. The van der Waals surface area contributed by atoms with Crippen molar-refractivity contribution in [3.05, 3.63) is 82.7 Å². The molecule has 2 heterocycles. The van der Waals surface area contributed by atoms with E-state index >= 15 is 0 Å². The van der Waals surface area contributed by atoms with Crippen molar-refractivity contribution in [2.24, 2.45) is 0 Å². The molecule has 0 radical (unpaired) electrons. The third kappa shape index (κ3) is 4.27. The number of benzene rings is 2. The Morgan fingerprint density at radius 2 is 1.78 bits per heavy atom. The third-order valence-electron chi connectivity index (χ3n) is 6.18. The smallest absolute Gasteiger partial charge is 0.266 e. The van der Waals surface area contributed by atoms with Gasteiger partial charge in [-0.15, -0.1) is 11.3 Å². The van der Waals surface area contributed by atoms with E-state index in [-0.39, 0.29) is 11.9 Å². The summed E-state index contributed by atoms with van der Waals surface area (Å²) in [5.74, 6) is 0.0385. The van der Waals surface area contributed by atoms with Crippen LogP contribution in [0.4, 0.5) is 0 Å². The van der Waals surface area contributed by atoms with Gasteiger partial charge >= 0.3 is 0 Å². The summed E-state index contributed by atoms with van der Waals surface area (Å²) in [4.78, 5) is 24.8. The number of rotatable bonds is 5. The van der Waals surface area contributed by atoms with Crippen LogP contribution in [0, 0.1) is 0 Å². The van der Waals surface area contributed by atoms with Crippen LogP contribution in [-0.2, 0) is 6.54 Å². The highest BCUT2D eigenvalue weighted by molar-refractivity contribution is 7.21. The van der Waals surface area contributed by atoms with Crippen LogP contribution in [0.1, 0.15) is 47.3 Å². The Bertz CT molecular complexity index is 1230. The molecular formula is C26H24ClN3OS. The van der Waals surface area contributed by atoms with Crippen LogP contribution in [0.15, 0.2) is 67.3 Å². The molecule has 0 atom stereocenters. The number of aromatic nitrogens is 2. The number of amides is 1. The molecule has 4 nitrogen and oxygen atoms in total. The molecule has 1 saturated carbocycles. The van der Waals surface area contributed by atoms with E-state index in [4.69, 9.17) is 11.6 Å². The quantitative estimate of drug-likeness (QED) is 0.322. The normalized spacial score (nSPS) is 14.5. The van der Waals surface area contributed by atoms with E-state index in [9.17, 15) is 4.79 Å². The molecule has 0 spiro atoms. The van der Waals surface area contributed by atoms with E-state index < -0.39 is 0 Å². The molecule has 0 aliphatic heterocycles. The molecule has 0 N–H and O–H groups in total. The van der Waals surface area contributed by atoms with Crippen LogP contribution in [-0.4, -0.2) is 26.8 Å². The van der Waals surface area contributed by atoms with Gasteiger partial charge in [-0.05, 0) is 36.1 Å². The second kappa shape index (κ2) is 9.39. The first-order valence-electron chi connectivity index (χ1n) is 11.0. The number of nitrogens with zero attached hydrogens (tertiary/aromatic N) is 3. The maximum absolute atomic E-state index is 13.8. The molecule has 2 aromatic carbocycles. The van der Waals surface area contributed by atoms with Crippen molar-refractivity contribution < 1.29 is 4.79 Å². The fourth-order valence-corrected chi connectivity index (χ4v) is 6.00. The summed E-state index contributed by atoms with van der Waals surface area (Å²) in [6.07, 6.45) is 10.8. The van der Waals surface area contributed by atoms with Crippen molar-refractivity contribution in [2.75, 3.05) is 0 Å². The fourth-order valence-electron chi connectivity index (χ4n) is 4.54. The molecule has 6 heteroatoms. The van der Waals surface area contributed by atoms with Crippen LogP contribution in [0.5, 0.6) is 0 Å². The largest absolute Gasteiger partial charge is 0.331 e. The van der Waals surface area contributed by atoms with Crippen molar-refractivity contribution >= 4 is 38.9 Å². The number of hydrogen-bond donors (Lipinski definition) is 0. The van der Waals surface area contributed by atoms with E-state index in [1.165, 1.54) is 24.1 Å². The molecule has 5 rings (SSSR count). The Labute approximate surface area is 196 Å². The van der Waals surface area contributed by atoms with Gasteiger partial charge in [-0.25, -0.2) is 9.97 Å². The zero-order chi connectivity index (χ0) is 21.9. The second-order valence-corrected chi connectivity index (χ2v) is 9.72. The molecule has 0 bridgehead atoms. The van der Waals surface area contributed by atoms with Crippen molar-refractivity contribution in [3.63, 3.8) is 0 Å². The molecule has 32 heavy (non-hydrogen) atoms. The molecular weight excluding hydrogens is 438 g/mol. The van der Waals surface area contributed by atoms with Gasteiger partial charge in [-0.2, -0.15) is 0 Å². The highest BCUT2D eigenvalue weighted by Gasteiger charge is 2.29. The zero-order valence-electron chi connectivity index (χ0n) is 17.7. The van der Waals surface area contributed by atoms with Crippen LogP contribution >= 0.6 is 22.9 Å². The van der Waals surface area contributed by atoms with E-state index in [1.807, 2.05) is 42.7 Å². The van der Waals surface area contributed by atoms with E-state index in [2.05, 4.69) is 33.1 Å². The standard InChI is InChI=1S/C26H24ClN3OS/c27-24-22-11-4-5-12-23(22)32-25(24)26(31)30(21-9-2-1-3-10-21)16-18-7-6-8-19(13-18)20-14-28-17-29-15-20/h4-8,11-15,17,21H,1-3,9-10,16H2. The average Bonchev–Trinajstić information content (AvgIpc) is 3.20. The monoisotopic (exact) mass is 461 g/mol. The van der Waals surface area contributed by atoms with Gasteiger partial charge in [0.2, 0.25) is 0 Å². The Morgan fingerprint density at radius 3 is 2.56 bits per heavy atom. The molecule has 0 unspecified atom stereocenters. The molecule has 1 aliphatic rings. The SMILES string of the molecule is O=C(c1sc2ccccc2c1Cl)N(Cc1cccc(-c2cncnc2)c1)C1CCCCC1. The number of carbonyl (C=O) groups excluding carboxylic acids is 1. The maximum Gasteiger partial charge on any atom is 0.266 e. The van der Waals surface area contributed by atoms with Crippen LogP contribution in [0.3, 0.4) is 0 Å². The molecule has 0 saturated heterocycles. The van der Waals surface area contributed by atoms with E-state index in [1.54, 1.807) is 0 Å². The van der Waals surface area contributed by atoms with Gasteiger partial charge in [0.15, 0.2) is 0 Å². The molecule has 1 fully saturated rings. The Kier molecular flexibility index (Phi) is 6.19. The number of fused-ring (bicyclic) bond motifs is 1. The lowest BCUT2D eigenvalue weighted by Crippen LogP contribution is -2.40. The summed E-state index contributed by atoms with van der Waals surface area (Å²) in [6, 6.07) is 16.5. The van der Waals surface area contributed by atoms with Gasteiger partial charge in [0.05, 0.1) is 5.02 Å². The van der Waals surface area contributed by atoms with Crippen LogP contribution < -0.4 is 0 Å². The Hall–Kier alpha value is -2.76. The highest BCUT2D eigenvalue weighted by Crippen LogP contribution is 2.37. The third-order valence-corrected chi connectivity index (χ3v) is 7.84. The minimum absolute atomic E-state index is 0.0385. The van der Waals surface area contributed by atoms with E-state index in [0.717, 1.165) is 52.5 Å².